The van der Waals surface area contributed by atoms with Gasteiger partial charge in [0.2, 0.25) is 0 Å². The van der Waals surface area contributed by atoms with E-state index in [1.165, 1.54) is 25.7 Å². The van der Waals surface area contributed by atoms with E-state index in [-0.39, 0.29) is 0 Å². The van der Waals surface area contributed by atoms with Crippen LogP contribution in [0, 0.1) is 5.92 Å². The second kappa shape index (κ2) is 1.65. The van der Waals surface area contributed by atoms with Crippen molar-refractivity contribution in [1.82, 2.24) is 15.0 Å². The van der Waals surface area contributed by atoms with Gasteiger partial charge in [-0.1, -0.05) is 5.21 Å². The third-order valence-corrected chi connectivity index (χ3v) is 2.98. The molecule has 2 aliphatic rings. The summed E-state index contributed by atoms with van der Waals surface area (Å²) in [6.45, 7) is 0. The van der Waals surface area contributed by atoms with Crippen molar-refractivity contribution in [2.75, 3.05) is 0 Å². The minimum atomic E-state index is 0.427. The van der Waals surface area contributed by atoms with Gasteiger partial charge in [-0.2, -0.15) is 0 Å². The molecule has 0 atom stereocenters. The maximum atomic E-state index is 4.08. The topological polar surface area (TPSA) is 30.7 Å². The lowest BCUT2D eigenvalue weighted by atomic mass is 10.1. The quantitative estimate of drug-likeness (QED) is 0.632. The number of aromatic nitrogens is 3. The van der Waals surface area contributed by atoms with Gasteiger partial charge < -0.3 is 0 Å². The summed E-state index contributed by atoms with van der Waals surface area (Å²) in [6.07, 6.45) is 9.23. The van der Waals surface area contributed by atoms with E-state index >= 15 is 0 Å². The van der Waals surface area contributed by atoms with Crippen LogP contribution in [0.25, 0.3) is 0 Å². The van der Waals surface area contributed by atoms with Gasteiger partial charge in [0.05, 0.1) is 11.7 Å². The van der Waals surface area contributed by atoms with Crippen molar-refractivity contribution >= 4 is 0 Å². The van der Waals surface area contributed by atoms with Crippen LogP contribution in [0.5, 0.6) is 0 Å². The highest BCUT2D eigenvalue weighted by molar-refractivity contribution is 5.08. The van der Waals surface area contributed by atoms with Crippen LogP contribution < -0.4 is 0 Å². The molecule has 1 heterocycles. The predicted molar refractivity (Wildman–Crippen MR) is 40.0 cm³/mol. The Morgan fingerprint density at radius 1 is 1.36 bits per heavy atom. The number of hydrogen-bond donors (Lipinski definition) is 0. The summed E-state index contributed by atoms with van der Waals surface area (Å²) in [7, 11) is 0. The van der Waals surface area contributed by atoms with Crippen molar-refractivity contribution in [2.45, 2.75) is 31.2 Å². The fourth-order valence-electron chi connectivity index (χ4n) is 2.02. The molecule has 3 rings (SSSR count). The van der Waals surface area contributed by atoms with Crippen molar-refractivity contribution in [3.63, 3.8) is 0 Å². The Balaban J connectivity index is 1.97. The Kier molecular flexibility index (Phi) is 0.864. The first-order chi connectivity index (χ1) is 5.42. The van der Waals surface area contributed by atoms with Crippen molar-refractivity contribution in [3.05, 3.63) is 12.4 Å². The average Bonchev–Trinajstić information content (AvgIpc) is 2.89. The molecule has 0 aliphatic heterocycles. The van der Waals surface area contributed by atoms with E-state index in [4.69, 9.17) is 0 Å². The molecule has 0 N–H and O–H groups in total. The van der Waals surface area contributed by atoms with Gasteiger partial charge in [-0.25, -0.2) is 4.68 Å². The summed E-state index contributed by atoms with van der Waals surface area (Å²) >= 11 is 0. The third-order valence-electron chi connectivity index (χ3n) is 2.98. The van der Waals surface area contributed by atoms with Crippen LogP contribution in [0.15, 0.2) is 12.4 Å². The van der Waals surface area contributed by atoms with E-state index < -0.39 is 0 Å². The van der Waals surface area contributed by atoms with Gasteiger partial charge in [0.15, 0.2) is 0 Å². The highest BCUT2D eigenvalue weighted by Gasteiger charge is 2.56. The molecule has 2 aliphatic carbocycles. The third kappa shape index (κ3) is 0.682. The zero-order valence-electron chi connectivity index (χ0n) is 6.40. The van der Waals surface area contributed by atoms with Crippen LogP contribution in [0.1, 0.15) is 25.7 Å². The normalized spacial score (nSPS) is 26.9. The van der Waals surface area contributed by atoms with Crippen molar-refractivity contribution in [3.8, 4) is 0 Å². The van der Waals surface area contributed by atoms with Gasteiger partial charge in [0.1, 0.15) is 0 Å². The number of rotatable bonds is 2. The minimum absolute atomic E-state index is 0.427. The lowest BCUT2D eigenvalue weighted by Gasteiger charge is -2.12. The molecular formula is C8H11N3. The van der Waals surface area contributed by atoms with Gasteiger partial charge in [0, 0.05) is 6.20 Å². The second-order valence-corrected chi connectivity index (χ2v) is 3.73. The van der Waals surface area contributed by atoms with Crippen molar-refractivity contribution in [1.29, 1.82) is 0 Å². The highest BCUT2D eigenvalue weighted by Crippen LogP contribution is 2.58. The van der Waals surface area contributed by atoms with Crippen LogP contribution in [0.4, 0.5) is 0 Å². The standard InChI is InChI=1S/C8H11N3/c1-2-7(1)8(3-4-8)11-6-5-9-10-11/h5-7H,1-4H2. The molecule has 0 aromatic carbocycles. The molecule has 3 heteroatoms. The van der Waals surface area contributed by atoms with Gasteiger partial charge in [-0.3, -0.25) is 0 Å². The molecule has 0 bridgehead atoms. The first kappa shape index (κ1) is 5.75. The molecule has 1 aromatic rings. The van der Waals surface area contributed by atoms with E-state index in [1.54, 1.807) is 6.20 Å². The summed E-state index contributed by atoms with van der Waals surface area (Å²) in [6, 6.07) is 0. The van der Waals surface area contributed by atoms with Crippen molar-refractivity contribution < 1.29 is 0 Å². The first-order valence-electron chi connectivity index (χ1n) is 4.29. The summed E-state index contributed by atoms with van der Waals surface area (Å²) in [5.74, 6) is 0.921. The zero-order chi connectivity index (χ0) is 7.31. The van der Waals surface area contributed by atoms with Crippen LogP contribution in [-0.4, -0.2) is 15.0 Å². The van der Waals surface area contributed by atoms with Gasteiger partial charge in [0.25, 0.3) is 0 Å². The number of hydrogen-bond acceptors (Lipinski definition) is 2. The van der Waals surface area contributed by atoms with E-state index in [2.05, 4.69) is 15.0 Å². The van der Waals surface area contributed by atoms with E-state index in [0.717, 1.165) is 5.92 Å². The Bertz CT molecular complexity index is 257. The largest absolute Gasteiger partial charge is 0.246 e. The maximum Gasteiger partial charge on any atom is 0.0693 e. The van der Waals surface area contributed by atoms with Crippen LogP contribution >= 0.6 is 0 Å². The predicted octanol–water partition coefficient (Wildman–Crippen LogP) is 1.18. The van der Waals surface area contributed by atoms with Crippen LogP contribution in [-0.2, 0) is 5.54 Å². The smallest absolute Gasteiger partial charge is 0.0693 e. The van der Waals surface area contributed by atoms with E-state index in [0.29, 0.717) is 5.54 Å². The van der Waals surface area contributed by atoms with Crippen LogP contribution in [0.3, 0.4) is 0 Å². The maximum absolute atomic E-state index is 4.08. The lowest BCUT2D eigenvalue weighted by molar-refractivity contribution is 0.371. The van der Waals surface area contributed by atoms with Crippen LogP contribution in [0.2, 0.25) is 0 Å². The molecule has 1 aromatic heterocycles. The van der Waals surface area contributed by atoms with E-state index in [1.807, 2.05) is 6.20 Å². The fourth-order valence-corrected chi connectivity index (χ4v) is 2.02. The average molecular weight is 149 g/mol. The second-order valence-electron chi connectivity index (χ2n) is 3.73. The molecule has 2 fully saturated rings. The van der Waals surface area contributed by atoms with Gasteiger partial charge in [-0.05, 0) is 31.6 Å². The Labute approximate surface area is 65.4 Å². The SMILES string of the molecule is c1cn(C2(C3CC3)CC2)nn1. The van der Waals surface area contributed by atoms with Crippen molar-refractivity contribution in [2.24, 2.45) is 5.92 Å². The molecular weight excluding hydrogens is 138 g/mol. The Morgan fingerprint density at radius 3 is 2.64 bits per heavy atom. The molecule has 11 heavy (non-hydrogen) atoms. The first-order valence-corrected chi connectivity index (χ1v) is 4.29. The minimum Gasteiger partial charge on any atom is -0.246 e. The monoisotopic (exact) mass is 149 g/mol. The van der Waals surface area contributed by atoms with Gasteiger partial charge >= 0.3 is 0 Å². The van der Waals surface area contributed by atoms with E-state index in [9.17, 15) is 0 Å². The van der Waals surface area contributed by atoms with Gasteiger partial charge in [-0.15, -0.1) is 5.10 Å². The molecule has 3 nitrogen and oxygen atoms in total. The molecule has 0 amide bonds. The molecule has 0 radical (unpaired) electrons. The Hall–Kier alpha value is -0.860. The molecule has 0 unspecified atom stereocenters. The fraction of sp³-hybridized carbons (Fsp3) is 0.750. The molecule has 2 saturated carbocycles. The zero-order valence-corrected chi connectivity index (χ0v) is 6.40. The summed E-state index contributed by atoms with van der Waals surface area (Å²) in [5.41, 5.74) is 0.427. The Morgan fingerprint density at radius 2 is 2.18 bits per heavy atom. The number of nitrogens with zero attached hydrogens (tertiary/aromatic N) is 3. The summed E-state index contributed by atoms with van der Waals surface area (Å²) in [5, 5.41) is 7.93. The molecule has 0 spiro atoms. The lowest BCUT2D eigenvalue weighted by Crippen LogP contribution is -2.19. The molecule has 0 saturated heterocycles. The molecule has 58 valence electrons. The highest BCUT2D eigenvalue weighted by atomic mass is 15.5. The summed E-state index contributed by atoms with van der Waals surface area (Å²) < 4.78 is 2.07. The summed E-state index contributed by atoms with van der Waals surface area (Å²) in [4.78, 5) is 0.